The molecule has 8 heteroatoms. The molecule has 0 unspecified atom stereocenters. The maximum absolute atomic E-state index is 14.1. The van der Waals surface area contributed by atoms with Crippen molar-refractivity contribution in [1.82, 2.24) is 15.2 Å². The van der Waals surface area contributed by atoms with Crippen LogP contribution in [-0.4, -0.2) is 34.8 Å². The van der Waals surface area contributed by atoms with Crippen LogP contribution in [0.4, 0.5) is 4.39 Å². The fourth-order valence-corrected chi connectivity index (χ4v) is 4.89. The molecule has 0 saturated carbocycles. The number of nitrogens with one attached hydrogen (secondary N) is 1. The molecule has 0 fully saturated rings. The lowest BCUT2D eigenvalue weighted by Crippen LogP contribution is -2.40. The smallest absolute Gasteiger partial charge is 0.270 e. The molecule has 1 atom stereocenters. The highest BCUT2D eigenvalue weighted by molar-refractivity contribution is 7.09. The fraction of sp³-hybridized carbons (Fsp3) is 0.370. The van der Waals surface area contributed by atoms with Crippen molar-refractivity contribution >= 4 is 23.2 Å². The summed E-state index contributed by atoms with van der Waals surface area (Å²) < 4.78 is 20.1. The van der Waals surface area contributed by atoms with Gasteiger partial charge in [0.15, 0.2) is 0 Å². The van der Waals surface area contributed by atoms with Crippen molar-refractivity contribution in [3.63, 3.8) is 0 Å². The zero-order valence-corrected chi connectivity index (χ0v) is 21.0. The predicted octanol–water partition coefficient (Wildman–Crippen LogP) is 5.13. The third kappa shape index (κ3) is 5.88. The molecule has 0 spiro atoms. The molecular weight excluding hydrogens is 465 g/mol. The third-order valence-electron chi connectivity index (χ3n) is 5.95. The standard InChI is InChI=1S/C27H30FN3O3S/c1-4-25(32)31-11-10-18-8-9-21(13-22(18)26(31)19-6-5-7-20(28)12-19)34-15-24-30-23(16-35-24)27(33)29-14-17(2)3/h5-9,12-13,16-17,26H,4,10-11,14-15H2,1-3H3,(H,29,33)/t26-/m0/s1. The van der Waals surface area contributed by atoms with Crippen LogP contribution in [-0.2, 0) is 17.8 Å². The first-order valence-electron chi connectivity index (χ1n) is 11.9. The Morgan fingerprint density at radius 3 is 2.83 bits per heavy atom. The van der Waals surface area contributed by atoms with Gasteiger partial charge in [0.25, 0.3) is 5.91 Å². The number of nitrogens with zero attached hydrogens (tertiary/aromatic N) is 2. The summed E-state index contributed by atoms with van der Waals surface area (Å²) in [6.45, 7) is 7.32. The Morgan fingerprint density at radius 2 is 2.09 bits per heavy atom. The molecule has 184 valence electrons. The highest BCUT2D eigenvalue weighted by Crippen LogP contribution is 2.38. The van der Waals surface area contributed by atoms with E-state index in [1.165, 1.54) is 23.5 Å². The molecule has 2 heterocycles. The topological polar surface area (TPSA) is 71.5 Å². The Hall–Kier alpha value is -3.26. The molecule has 4 rings (SSSR count). The summed E-state index contributed by atoms with van der Waals surface area (Å²) in [6, 6.07) is 11.9. The Morgan fingerprint density at radius 1 is 1.26 bits per heavy atom. The highest BCUT2D eigenvalue weighted by atomic mass is 32.1. The minimum atomic E-state index is -0.374. The first-order valence-corrected chi connectivity index (χ1v) is 12.8. The van der Waals surface area contributed by atoms with Crippen LogP contribution < -0.4 is 10.1 Å². The van der Waals surface area contributed by atoms with Gasteiger partial charge in [0.05, 0.1) is 6.04 Å². The van der Waals surface area contributed by atoms with Gasteiger partial charge in [0.1, 0.15) is 28.9 Å². The van der Waals surface area contributed by atoms with Crippen molar-refractivity contribution < 1.29 is 18.7 Å². The van der Waals surface area contributed by atoms with Crippen LogP contribution >= 0.6 is 11.3 Å². The van der Waals surface area contributed by atoms with Crippen LogP contribution in [0.15, 0.2) is 47.8 Å². The summed E-state index contributed by atoms with van der Waals surface area (Å²) in [6.07, 6.45) is 1.11. The first kappa shape index (κ1) is 24.9. The largest absolute Gasteiger partial charge is 0.486 e. The van der Waals surface area contributed by atoms with E-state index in [0.717, 1.165) is 23.1 Å². The molecule has 0 bridgehead atoms. The van der Waals surface area contributed by atoms with Crippen molar-refractivity contribution in [2.45, 2.75) is 46.3 Å². The zero-order valence-electron chi connectivity index (χ0n) is 20.2. The molecule has 2 amide bonds. The summed E-state index contributed by atoms with van der Waals surface area (Å²) >= 11 is 1.37. The maximum Gasteiger partial charge on any atom is 0.270 e. The van der Waals surface area contributed by atoms with Crippen LogP contribution in [0.5, 0.6) is 5.75 Å². The number of thiazole rings is 1. The van der Waals surface area contributed by atoms with E-state index in [2.05, 4.69) is 10.3 Å². The molecule has 1 aliphatic rings. The van der Waals surface area contributed by atoms with Gasteiger partial charge >= 0.3 is 0 Å². The SMILES string of the molecule is CCC(=O)N1CCc2ccc(OCc3nc(C(=O)NCC(C)C)cs3)cc2[C@@H]1c1cccc(F)c1. The van der Waals surface area contributed by atoms with Gasteiger partial charge in [-0.2, -0.15) is 0 Å². The fourth-order valence-electron chi connectivity index (χ4n) is 4.20. The van der Waals surface area contributed by atoms with Crippen LogP contribution in [0.2, 0.25) is 0 Å². The summed E-state index contributed by atoms with van der Waals surface area (Å²) in [4.78, 5) is 31.2. The number of carbonyl (C=O) groups excluding carboxylic acids is 2. The van der Waals surface area contributed by atoms with Gasteiger partial charge in [-0.1, -0.05) is 39.0 Å². The molecule has 0 aliphatic carbocycles. The Kier molecular flexibility index (Phi) is 7.80. The number of fused-ring (bicyclic) bond motifs is 1. The minimum Gasteiger partial charge on any atom is -0.486 e. The van der Waals surface area contributed by atoms with E-state index in [0.29, 0.717) is 41.9 Å². The first-order chi connectivity index (χ1) is 16.9. The van der Waals surface area contributed by atoms with Gasteiger partial charge in [0, 0.05) is 24.9 Å². The second-order valence-corrected chi connectivity index (χ2v) is 9.97. The average Bonchev–Trinajstić information content (AvgIpc) is 3.34. The molecule has 6 nitrogen and oxygen atoms in total. The summed E-state index contributed by atoms with van der Waals surface area (Å²) in [5.74, 6) is 0.514. The monoisotopic (exact) mass is 495 g/mol. The molecule has 0 saturated heterocycles. The van der Waals surface area contributed by atoms with Gasteiger partial charge < -0.3 is 15.0 Å². The van der Waals surface area contributed by atoms with Crippen molar-refractivity contribution in [2.75, 3.05) is 13.1 Å². The van der Waals surface area contributed by atoms with Crippen LogP contribution in [0.1, 0.15) is 65.4 Å². The maximum atomic E-state index is 14.1. The number of aromatic nitrogens is 1. The van der Waals surface area contributed by atoms with Crippen molar-refractivity contribution in [3.05, 3.63) is 81.1 Å². The Bertz CT molecular complexity index is 1210. The number of hydrogen-bond donors (Lipinski definition) is 1. The van der Waals surface area contributed by atoms with Gasteiger partial charge in [-0.05, 0) is 53.3 Å². The van der Waals surface area contributed by atoms with Gasteiger partial charge in [0.2, 0.25) is 5.91 Å². The second-order valence-electron chi connectivity index (χ2n) is 9.03. The van der Waals surface area contributed by atoms with E-state index in [9.17, 15) is 14.0 Å². The quantitative estimate of drug-likeness (QED) is 0.470. The van der Waals surface area contributed by atoms with Crippen LogP contribution in [0, 0.1) is 11.7 Å². The Balaban J connectivity index is 1.54. The van der Waals surface area contributed by atoms with Crippen LogP contribution in [0.25, 0.3) is 0 Å². The normalized spacial score (nSPS) is 15.1. The highest BCUT2D eigenvalue weighted by Gasteiger charge is 2.32. The Labute approximate surface area is 209 Å². The third-order valence-corrected chi connectivity index (χ3v) is 6.77. The summed E-state index contributed by atoms with van der Waals surface area (Å²) in [7, 11) is 0. The lowest BCUT2D eigenvalue weighted by molar-refractivity contribution is -0.132. The molecular formula is C27H30FN3O3S. The minimum absolute atomic E-state index is 0.0299. The number of ether oxygens (including phenoxy) is 1. The number of hydrogen-bond acceptors (Lipinski definition) is 5. The molecule has 1 N–H and O–H groups in total. The van der Waals surface area contributed by atoms with Gasteiger partial charge in [-0.15, -0.1) is 11.3 Å². The number of halogens is 1. The number of benzene rings is 2. The molecule has 2 aromatic carbocycles. The number of rotatable bonds is 8. The molecule has 1 aromatic heterocycles. The van der Waals surface area contributed by atoms with Crippen molar-refractivity contribution in [2.24, 2.45) is 5.92 Å². The van der Waals surface area contributed by atoms with Crippen molar-refractivity contribution in [3.8, 4) is 5.75 Å². The van der Waals surface area contributed by atoms with E-state index in [1.807, 2.05) is 49.9 Å². The molecule has 1 aliphatic heterocycles. The van der Waals surface area contributed by atoms with E-state index in [1.54, 1.807) is 11.4 Å². The van der Waals surface area contributed by atoms with Gasteiger partial charge in [-0.25, -0.2) is 9.37 Å². The summed E-state index contributed by atoms with van der Waals surface area (Å²) in [5.41, 5.74) is 3.18. The lowest BCUT2D eigenvalue weighted by atomic mass is 9.87. The molecule has 0 radical (unpaired) electrons. The number of amides is 2. The average molecular weight is 496 g/mol. The zero-order chi connectivity index (χ0) is 24.9. The summed E-state index contributed by atoms with van der Waals surface area (Å²) in [5, 5.41) is 5.30. The lowest BCUT2D eigenvalue weighted by Gasteiger charge is -2.38. The van der Waals surface area contributed by atoms with Gasteiger partial charge in [-0.3, -0.25) is 9.59 Å². The van der Waals surface area contributed by atoms with Crippen molar-refractivity contribution in [1.29, 1.82) is 0 Å². The van der Waals surface area contributed by atoms with E-state index in [4.69, 9.17) is 4.74 Å². The molecule has 3 aromatic rings. The molecule has 35 heavy (non-hydrogen) atoms. The van der Waals surface area contributed by atoms with Crippen LogP contribution in [0.3, 0.4) is 0 Å². The van der Waals surface area contributed by atoms with E-state index < -0.39 is 0 Å². The number of carbonyl (C=O) groups is 2. The predicted molar refractivity (Wildman–Crippen MR) is 134 cm³/mol. The second kappa shape index (κ2) is 11.0. The van der Waals surface area contributed by atoms with E-state index >= 15 is 0 Å². The van der Waals surface area contributed by atoms with E-state index in [-0.39, 0.29) is 30.3 Å².